The van der Waals surface area contributed by atoms with Crippen molar-refractivity contribution in [3.8, 4) is 0 Å². The summed E-state index contributed by atoms with van der Waals surface area (Å²) in [5.74, 6) is 0.852. The molecule has 0 radical (unpaired) electrons. The van der Waals surface area contributed by atoms with E-state index in [4.69, 9.17) is 9.57 Å². The number of rotatable bonds is 7. The molecule has 3 aromatic rings. The van der Waals surface area contributed by atoms with E-state index in [1.54, 1.807) is 43.7 Å². The third-order valence-corrected chi connectivity index (χ3v) is 4.35. The Morgan fingerprint density at radius 3 is 2.65 bits per heavy atom. The summed E-state index contributed by atoms with van der Waals surface area (Å²) in [6.45, 7) is 5.47. The van der Waals surface area contributed by atoms with E-state index < -0.39 is 11.7 Å². The van der Waals surface area contributed by atoms with E-state index in [1.165, 1.54) is 0 Å². The van der Waals surface area contributed by atoms with Crippen molar-refractivity contribution < 1.29 is 14.4 Å². The van der Waals surface area contributed by atoms with Crippen LogP contribution in [-0.4, -0.2) is 42.6 Å². The van der Waals surface area contributed by atoms with Crippen molar-refractivity contribution in [2.45, 2.75) is 37.5 Å². The second-order valence-electron chi connectivity index (χ2n) is 7.34. The number of nitrogens with one attached hydrogen (secondary N) is 1. The predicted molar refractivity (Wildman–Crippen MR) is 123 cm³/mol. The van der Waals surface area contributed by atoms with Gasteiger partial charge in [0.25, 0.3) is 0 Å². The standard InChI is InChI=1S/C20H22IN7O3/c1-20(2,3)31-19(29)23-16-11-7-10-15(22-16)12-30-25-17(14-8-5-4-6-9-14)18-24-26-27-28(18)13-21/h4-11H,12-13H2,1-3H3,(H,22,23,29). The Morgan fingerprint density at radius 1 is 1.16 bits per heavy atom. The van der Waals surface area contributed by atoms with Crippen LogP contribution in [0.25, 0.3) is 0 Å². The van der Waals surface area contributed by atoms with E-state index in [0.717, 1.165) is 5.56 Å². The summed E-state index contributed by atoms with van der Waals surface area (Å²) in [5, 5.41) is 18.6. The number of tetrazole rings is 1. The number of carbonyl (C=O) groups is 1. The second-order valence-corrected chi connectivity index (χ2v) is 8.02. The smallest absolute Gasteiger partial charge is 0.413 e. The first-order valence-electron chi connectivity index (χ1n) is 9.39. The van der Waals surface area contributed by atoms with E-state index in [9.17, 15) is 4.79 Å². The number of carbonyl (C=O) groups excluding carboxylic acids is 1. The maximum atomic E-state index is 11.9. The summed E-state index contributed by atoms with van der Waals surface area (Å²) in [6.07, 6.45) is -0.576. The number of alkyl halides is 1. The molecule has 0 saturated carbocycles. The van der Waals surface area contributed by atoms with Gasteiger partial charge in [-0.15, -0.1) is 5.10 Å². The molecule has 31 heavy (non-hydrogen) atoms. The lowest BCUT2D eigenvalue weighted by Crippen LogP contribution is -2.27. The number of hydrogen-bond donors (Lipinski definition) is 1. The minimum atomic E-state index is -0.597. The monoisotopic (exact) mass is 535 g/mol. The molecule has 11 heteroatoms. The van der Waals surface area contributed by atoms with Crippen LogP contribution in [-0.2, 0) is 20.7 Å². The zero-order valence-corrected chi connectivity index (χ0v) is 19.5. The average Bonchev–Trinajstić information content (AvgIpc) is 3.19. The fraction of sp³-hybridized carbons (Fsp3) is 0.300. The minimum absolute atomic E-state index is 0.0893. The van der Waals surface area contributed by atoms with E-state index in [2.05, 4.69) is 53.6 Å². The Bertz CT molecular complexity index is 1050. The van der Waals surface area contributed by atoms with Gasteiger partial charge in [0, 0.05) is 5.56 Å². The highest BCUT2D eigenvalue weighted by atomic mass is 127. The number of nitrogens with zero attached hydrogens (tertiary/aromatic N) is 6. The predicted octanol–water partition coefficient (Wildman–Crippen LogP) is 3.78. The average molecular weight is 535 g/mol. The van der Waals surface area contributed by atoms with Crippen LogP contribution >= 0.6 is 22.6 Å². The Balaban J connectivity index is 1.73. The van der Waals surface area contributed by atoms with E-state index >= 15 is 0 Å². The van der Waals surface area contributed by atoms with Gasteiger partial charge in [-0.3, -0.25) is 5.32 Å². The normalized spacial score (nSPS) is 11.8. The van der Waals surface area contributed by atoms with Gasteiger partial charge in [-0.1, -0.05) is 64.1 Å². The highest BCUT2D eigenvalue weighted by Crippen LogP contribution is 2.13. The number of aromatic nitrogens is 5. The molecule has 0 aliphatic heterocycles. The molecule has 0 saturated heterocycles. The zero-order valence-electron chi connectivity index (χ0n) is 17.3. The number of amides is 1. The van der Waals surface area contributed by atoms with Gasteiger partial charge in [0.05, 0.1) is 10.2 Å². The quantitative estimate of drug-likeness (QED) is 0.212. The molecule has 0 aliphatic rings. The third-order valence-electron chi connectivity index (χ3n) is 3.71. The van der Waals surface area contributed by atoms with Crippen LogP contribution in [0.2, 0.25) is 0 Å². The van der Waals surface area contributed by atoms with Crippen molar-refractivity contribution in [3.05, 3.63) is 65.6 Å². The topological polar surface area (TPSA) is 116 Å². The van der Waals surface area contributed by atoms with Crippen molar-refractivity contribution >= 4 is 40.2 Å². The van der Waals surface area contributed by atoms with Gasteiger partial charge in [0.2, 0.25) is 5.82 Å². The molecule has 1 N–H and O–H groups in total. The molecule has 2 aromatic heterocycles. The van der Waals surface area contributed by atoms with Crippen LogP contribution in [0.15, 0.2) is 53.7 Å². The summed E-state index contributed by atoms with van der Waals surface area (Å²) < 4.78 is 7.43. The molecule has 0 unspecified atom stereocenters. The summed E-state index contributed by atoms with van der Waals surface area (Å²) in [4.78, 5) is 21.9. The molecule has 3 rings (SSSR count). The summed E-state index contributed by atoms with van der Waals surface area (Å²) >= 11 is 2.17. The molecule has 0 spiro atoms. The molecular formula is C20H22IN7O3. The van der Waals surface area contributed by atoms with Crippen molar-refractivity contribution in [3.63, 3.8) is 0 Å². The first kappa shape index (κ1) is 22.6. The summed E-state index contributed by atoms with van der Waals surface area (Å²) in [7, 11) is 0. The lowest BCUT2D eigenvalue weighted by molar-refractivity contribution is 0.0635. The number of halogens is 1. The minimum Gasteiger partial charge on any atom is -0.444 e. The van der Waals surface area contributed by atoms with Gasteiger partial charge in [-0.05, 0) is 43.3 Å². The number of ether oxygens (including phenoxy) is 1. The molecule has 0 fully saturated rings. The maximum Gasteiger partial charge on any atom is 0.413 e. The molecule has 0 bridgehead atoms. The Labute approximate surface area is 193 Å². The lowest BCUT2D eigenvalue weighted by atomic mass is 10.1. The van der Waals surface area contributed by atoms with Crippen LogP contribution in [0.1, 0.15) is 37.9 Å². The molecule has 162 valence electrons. The fourth-order valence-corrected chi connectivity index (χ4v) is 2.93. The van der Waals surface area contributed by atoms with Crippen LogP contribution in [0.5, 0.6) is 0 Å². The highest BCUT2D eigenvalue weighted by Gasteiger charge is 2.17. The Morgan fingerprint density at radius 2 is 1.94 bits per heavy atom. The molecule has 0 atom stereocenters. The second kappa shape index (κ2) is 10.3. The number of anilines is 1. The summed E-state index contributed by atoms with van der Waals surface area (Å²) in [6, 6.07) is 14.7. The molecule has 1 aromatic carbocycles. The van der Waals surface area contributed by atoms with Gasteiger partial charge in [-0.2, -0.15) is 0 Å². The van der Waals surface area contributed by atoms with Crippen LogP contribution < -0.4 is 5.32 Å². The van der Waals surface area contributed by atoms with Crippen molar-refractivity contribution in [2.75, 3.05) is 5.32 Å². The van der Waals surface area contributed by atoms with Crippen LogP contribution in [0.4, 0.5) is 10.6 Å². The van der Waals surface area contributed by atoms with Gasteiger partial charge < -0.3 is 9.57 Å². The molecular weight excluding hydrogens is 513 g/mol. The van der Waals surface area contributed by atoms with E-state index in [1.807, 2.05) is 30.3 Å². The summed E-state index contributed by atoms with van der Waals surface area (Å²) in [5.41, 5.74) is 1.31. The molecule has 0 aliphatic carbocycles. The van der Waals surface area contributed by atoms with Gasteiger partial charge in [-0.25, -0.2) is 14.5 Å². The van der Waals surface area contributed by atoms with Crippen molar-refractivity contribution in [1.82, 2.24) is 25.2 Å². The largest absolute Gasteiger partial charge is 0.444 e. The van der Waals surface area contributed by atoms with E-state index in [-0.39, 0.29) is 6.61 Å². The number of hydrogen-bond acceptors (Lipinski definition) is 8. The Kier molecular flexibility index (Phi) is 7.50. The first-order valence-corrected chi connectivity index (χ1v) is 10.9. The number of pyridine rings is 1. The Hall–Kier alpha value is -3.09. The third kappa shape index (κ3) is 6.70. The lowest BCUT2D eigenvalue weighted by Gasteiger charge is -2.19. The molecule has 10 nitrogen and oxygen atoms in total. The van der Waals surface area contributed by atoms with Gasteiger partial charge in [0.1, 0.15) is 11.4 Å². The van der Waals surface area contributed by atoms with Gasteiger partial charge in [0.15, 0.2) is 12.3 Å². The number of oxime groups is 1. The van der Waals surface area contributed by atoms with Crippen molar-refractivity contribution in [1.29, 1.82) is 0 Å². The highest BCUT2D eigenvalue weighted by molar-refractivity contribution is 14.1. The van der Waals surface area contributed by atoms with Crippen molar-refractivity contribution in [2.24, 2.45) is 5.16 Å². The zero-order chi connectivity index (χ0) is 22.3. The van der Waals surface area contributed by atoms with Crippen LogP contribution in [0.3, 0.4) is 0 Å². The van der Waals surface area contributed by atoms with E-state index in [0.29, 0.717) is 27.6 Å². The molecule has 1 amide bonds. The van der Waals surface area contributed by atoms with Crippen LogP contribution in [0, 0.1) is 0 Å². The SMILES string of the molecule is CC(C)(C)OC(=O)Nc1cccc(CON=C(c2ccccc2)c2nnnn2CI)n1. The maximum absolute atomic E-state index is 11.9. The fourth-order valence-electron chi connectivity index (χ4n) is 2.47. The first-order chi connectivity index (χ1) is 14.9. The molecule has 2 heterocycles. The number of benzene rings is 1. The van der Waals surface area contributed by atoms with Gasteiger partial charge >= 0.3 is 6.09 Å².